The van der Waals surface area contributed by atoms with Gasteiger partial charge in [0.2, 0.25) is 0 Å². The van der Waals surface area contributed by atoms with Gasteiger partial charge in [-0.25, -0.2) is 0 Å². The number of ether oxygens (including phenoxy) is 1. The largest absolute Gasteiger partial charge is 0.489 e. The van der Waals surface area contributed by atoms with Gasteiger partial charge in [0.05, 0.1) is 4.88 Å². The van der Waals surface area contributed by atoms with Crippen LogP contribution in [0, 0.1) is 0 Å². The van der Waals surface area contributed by atoms with E-state index in [0.29, 0.717) is 22.3 Å². The van der Waals surface area contributed by atoms with Crippen molar-refractivity contribution >= 4 is 34.5 Å². The van der Waals surface area contributed by atoms with Gasteiger partial charge in [-0.05, 0) is 53.8 Å². The summed E-state index contributed by atoms with van der Waals surface area (Å²) in [6, 6.07) is 17.0. The Morgan fingerprint density at radius 3 is 2.64 bits per heavy atom. The Morgan fingerprint density at radius 2 is 1.92 bits per heavy atom. The predicted molar refractivity (Wildman–Crippen MR) is 104 cm³/mol. The zero-order valence-electron chi connectivity index (χ0n) is 13.8. The molecule has 0 atom stereocenters. The molecule has 0 aliphatic rings. The number of hydrogen-bond acceptors (Lipinski definition) is 3. The summed E-state index contributed by atoms with van der Waals surface area (Å²) >= 11 is 7.34. The van der Waals surface area contributed by atoms with E-state index in [9.17, 15) is 4.79 Å². The molecule has 0 saturated carbocycles. The second-order valence-corrected chi connectivity index (χ2v) is 6.92. The van der Waals surface area contributed by atoms with Crippen molar-refractivity contribution in [2.24, 2.45) is 0 Å². The third-order valence-electron chi connectivity index (χ3n) is 3.70. The van der Waals surface area contributed by atoms with E-state index in [1.165, 1.54) is 16.9 Å². The molecule has 1 amide bonds. The Balaban J connectivity index is 1.59. The first-order chi connectivity index (χ1) is 12.1. The fourth-order valence-corrected chi connectivity index (χ4v) is 3.28. The van der Waals surface area contributed by atoms with Crippen molar-refractivity contribution in [1.29, 1.82) is 0 Å². The zero-order chi connectivity index (χ0) is 17.6. The molecule has 0 saturated heterocycles. The van der Waals surface area contributed by atoms with Crippen molar-refractivity contribution in [3.63, 3.8) is 0 Å². The maximum Gasteiger partial charge on any atom is 0.265 e. The Labute approximate surface area is 156 Å². The number of thiophene rings is 1. The van der Waals surface area contributed by atoms with E-state index >= 15 is 0 Å². The SMILES string of the molecule is CCc1ccc(NC(=O)c2cc(COc3cccc(Cl)c3)cs2)cc1. The topological polar surface area (TPSA) is 38.3 Å². The van der Waals surface area contributed by atoms with Crippen molar-refractivity contribution < 1.29 is 9.53 Å². The first-order valence-electron chi connectivity index (χ1n) is 8.00. The highest BCUT2D eigenvalue weighted by Gasteiger charge is 2.10. The van der Waals surface area contributed by atoms with Crippen molar-refractivity contribution in [2.45, 2.75) is 20.0 Å². The van der Waals surface area contributed by atoms with Gasteiger partial charge in [-0.2, -0.15) is 0 Å². The molecule has 3 nitrogen and oxygen atoms in total. The fraction of sp³-hybridized carbons (Fsp3) is 0.150. The predicted octanol–water partition coefficient (Wildman–Crippen LogP) is 5.80. The van der Waals surface area contributed by atoms with Crippen LogP contribution in [0.25, 0.3) is 0 Å². The van der Waals surface area contributed by atoms with Gasteiger partial charge in [0, 0.05) is 16.3 Å². The van der Waals surface area contributed by atoms with E-state index in [4.69, 9.17) is 16.3 Å². The van der Waals surface area contributed by atoms with Crippen molar-refractivity contribution in [1.82, 2.24) is 0 Å². The van der Waals surface area contributed by atoms with E-state index in [1.807, 2.05) is 47.8 Å². The molecule has 1 aromatic heterocycles. The number of carbonyl (C=O) groups is 1. The number of aryl methyl sites for hydroxylation is 1. The second kappa shape index (κ2) is 8.19. The van der Waals surface area contributed by atoms with Gasteiger partial charge in [-0.3, -0.25) is 4.79 Å². The molecule has 0 aliphatic heterocycles. The quantitative estimate of drug-likeness (QED) is 0.595. The van der Waals surface area contributed by atoms with Crippen LogP contribution in [0.15, 0.2) is 60.0 Å². The molecule has 5 heteroatoms. The Bertz CT molecular complexity index is 858. The number of anilines is 1. The molecule has 3 aromatic rings. The first kappa shape index (κ1) is 17.5. The van der Waals surface area contributed by atoms with E-state index in [-0.39, 0.29) is 5.91 Å². The Morgan fingerprint density at radius 1 is 1.12 bits per heavy atom. The molecule has 0 radical (unpaired) electrons. The number of rotatable bonds is 6. The van der Waals surface area contributed by atoms with Gasteiger partial charge >= 0.3 is 0 Å². The van der Waals surface area contributed by atoms with Crippen LogP contribution >= 0.6 is 22.9 Å². The average Bonchev–Trinajstić information content (AvgIpc) is 3.10. The van der Waals surface area contributed by atoms with Crippen LogP contribution in [0.3, 0.4) is 0 Å². The molecule has 3 rings (SSSR count). The van der Waals surface area contributed by atoms with E-state index in [2.05, 4.69) is 12.2 Å². The van der Waals surface area contributed by atoms with Crippen LogP contribution in [0.2, 0.25) is 5.02 Å². The minimum Gasteiger partial charge on any atom is -0.489 e. The van der Waals surface area contributed by atoms with E-state index in [1.54, 1.807) is 12.1 Å². The van der Waals surface area contributed by atoms with Gasteiger partial charge in [-0.1, -0.05) is 36.7 Å². The lowest BCUT2D eigenvalue weighted by Crippen LogP contribution is -2.10. The number of benzene rings is 2. The van der Waals surface area contributed by atoms with Gasteiger partial charge in [0.1, 0.15) is 12.4 Å². The summed E-state index contributed by atoms with van der Waals surface area (Å²) in [5, 5.41) is 5.48. The average molecular weight is 372 g/mol. The molecule has 0 fully saturated rings. The summed E-state index contributed by atoms with van der Waals surface area (Å²) in [7, 11) is 0. The van der Waals surface area contributed by atoms with Crippen LogP contribution in [-0.2, 0) is 13.0 Å². The minimum absolute atomic E-state index is 0.108. The summed E-state index contributed by atoms with van der Waals surface area (Å²) in [6.07, 6.45) is 0.981. The molecule has 2 aromatic carbocycles. The third-order valence-corrected chi connectivity index (χ3v) is 4.91. The molecular formula is C20H18ClNO2S. The molecule has 0 unspecified atom stereocenters. The number of hydrogen-bond donors (Lipinski definition) is 1. The summed E-state index contributed by atoms with van der Waals surface area (Å²) in [5.41, 5.74) is 3.00. The van der Waals surface area contributed by atoms with Crippen molar-refractivity contribution in [2.75, 3.05) is 5.32 Å². The highest BCUT2D eigenvalue weighted by atomic mass is 35.5. The zero-order valence-corrected chi connectivity index (χ0v) is 15.4. The molecule has 1 N–H and O–H groups in total. The molecule has 1 heterocycles. The fourth-order valence-electron chi connectivity index (χ4n) is 2.31. The lowest BCUT2D eigenvalue weighted by atomic mass is 10.1. The van der Waals surface area contributed by atoms with Crippen LogP contribution in [0.4, 0.5) is 5.69 Å². The normalized spacial score (nSPS) is 10.5. The molecular weight excluding hydrogens is 354 g/mol. The van der Waals surface area contributed by atoms with Crippen LogP contribution in [0.5, 0.6) is 5.75 Å². The maximum atomic E-state index is 12.3. The molecule has 25 heavy (non-hydrogen) atoms. The summed E-state index contributed by atoms with van der Waals surface area (Å²) in [6.45, 7) is 2.50. The van der Waals surface area contributed by atoms with Crippen LogP contribution in [-0.4, -0.2) is 5.91 Å². The Kier molecular flexibility index (Phi) is 5.74. The van der Waals surface area contributed by atoms with Gasteiger partial charge < -0.3 is 10.1 Å². The van der Waals surface area contributed by atoms with Gasteiger partial charge in [0.25, 0.3) is 5.91 Å². The van der Waals surface area contributed by atoms with Crippen molar-refractivity contribution in [3.8, 4) is 5.75 Å². The van der Waals surface area contributed by atoms with Gasteiger partial charge in [-0.15, -0.1) is 11.3 Å². The maximum absolute atomic E-state index is 12.3. The minimum atomic E-state index is -0.108. The number of amides is 1. The summed E-state index contributed by atoms with van der Waals surface area (Å²) in [4.78, 5) is 13.0. The molecule has 0 aliphatic carbocycles. The highest BCUT2D eigenvalue weighted by molar-refractivity contribution is 7.12. The monoisotopic (exact) mass is 371 g/mol. The summed E-state index contributed by atoms with van der Waals surface area (Å²) < 4.78 is 5.70. The number of nitrogens with one attached hydrogen (secondary N) is 1. The van der Waals surface area contributed by atoms with Crippen LogP contribution in [0.1, 0.15) is 27.7 Å². The summed E-state index contributed by atoms with van der Waals surface area (Å²) in [5.74, 6) is 0.601. The van der Waals surface area contributed by atoms with E-state index < -0.39 is 0 Å². The smallest absolute Gasteiger partial charge is 0.265 e. The molecule has 0 spiro atoms. The van der Waals surface area contributed by atoms with E-state index in [0.717, 1.165) is 17.7 Å². The molecule has 128 valence electrons. The van der Waals surface area contributed by atoms with Crippen LogP contribution < -0.4 is 10.1 Å². The Hall–Kier alpha value is -2.30. The second-order valence-electron chi connectivity index (χ2n) is 5.57. The standard InChI is InChI=1S/C20H18ClNO2S/c1-2-14-6-8-17(9-7-14)22-20(23)19-10-15(13-25-19)12-24-18-5-3-4-16(21)11-18/h3-11,13H,2,12H2,1H3,(H,22,23). The number of halogens is 1. The lowest BCUT2D eigenvalue weighted by Gasteiger charge is -2.05. The lowest BCUT2D eigenvalue weighted by molar-refractivity contribution is 0.103. The third kappa shape index (κ3) is 4.84. The first-order valence-corrected chi connectivity index (χ1v) is 9.26. The number of carbonyl (C=O) groups excluding carboxylic acids is 1. The molecule has 0 bridgehead atoms. The highest BCUT2D eigenvalue weighted by Crippen LogP contribution is 2.21. The van der Waals surface area contributed by atoms with Gasteiger partial charge in [0.15, 0.2) is 0 Å². The van der Waals surface area contributed by atoms with Crippen molar-refractivity contribution in [3.05, 3.63) is 81.0 Å².